The van der Waals surface area contributed by atoms with Gasteiger partial charge in [-0.25, -0.2) is 0 Å². The Balaban J connectivity index is 2.02. The van der Waals surface area contributed by atoms with Crippen molar-refractivity contribution in [3.05, 3.63) is 36.5 Å². The highest BCUT2D eigenvalue weighted by atomic mass is 16.7. The number of hydrogen-bond donors (Lipinski definition) is 6. The van der Waals surface area contributed by atoms with E-state index >= 15 is 0 Å². The number of carbonyl (C=O) groups is 2. The van der Waals surface area contributed by atoms with Crippen LogP contribution in [-0.4, -0.2) is 100 Å². The van der Waals surface area contributed by atoms with Crippen LogP contribution in [0, 0.1) is 0 Å². The number of allylic oxidation sites excluding steroid dienone is 5. The smallest absolute Gasteiger partial charge is 0.305 e. The van der Waals surface area contributed by atoms with Gasteiger partial charge in [0.2, 0.25) is 5.91 Å². The highest BCUT2D eigenvalue weighted by molar-refractivity contribution is 5.76. The molecule has 71 heavy (non-hydrogen) atoms. The molecule has 0 aromatic rings. The van der Waals surface area contributed by atoms with Crippen molar-refractivity contribution in [2.45, 2.75) is 314 Å². The predicted octanol–water partition coefficient (Wildman–Crippen LogP) is 13.5. The normalized spacial score (nSPS) is 19.3. The van der Waals surface area contributed by atoms with Gasteiger partial charge in [0.15, 0.2) is 6.29 Å². The molecule has 1 rings (SSSR count). The molecule has 1 aliphatic rings. The van der Waals surface area contributed by atoms with E-state index in [1.54, 1.807) is 6.08 Å². The lowest BCUT2D eigenvalue weighted by Gasteiger charge is -2.40. The molecule has 1 fully saturated rings. The SMILES string of the molecule is CC/C=C/CC/C=C/CC/C=C/C(O)C(COC1OC(CO)C(O)C(O)C1O)NC(=O)CCCCCCCCCCCCCCCCCCCCCCCCOC(=O)CCCCCCCCCCCCC. The second kappa shape index (κ2) is 50.1. The quantitative estimate of drug-likeness (QED) is 0.0195. The number of unbranched alkanes of at least 4 members (excludes halogenated alkanes) is 33. The Morgan fingerprint density at radius 3 is 1.38 bits per heavy atom. The molecule has 0 aromatic heterocycles. The number of hydrogen-bond acceptors (Lipinski definition) is 10. The van der Waals surface area contributed by atoms with Crippen LogP contribution < -0.4 is 5.32 Å². The summed E-state index contributed by atoms with van der Waals surface area (Å²) in [6, 6.07) is -0.833. The number of nitrogens with one attached hydrogen (secondary N) is 1. The van der Waals surface area contributed by atoms with Gasteiger partial charge in [-0.3, -0.25) is 9.59 Å². The van der Waals surface area contributed by atoms with E-state index in [1.165, 1.54) is 173 Å². The summed E-state index contributed by atoms with van der Waals surface area (Å²) in [7, 11) is 0. The van der Waals surface area contributed by atoms with E-state index in [2.05, 4.69) is 43.5 Å². The van der Waals surface area contributed by atoms with Gasteiger partial charge in [-0.05, 0) is 51.4 Å². The van der Waals surface area contributed by atoms with E-state index in [9.17, 15) is 35.1 Å². The second-order valence-corrected chi connectivity index (χ2v) is 20.7. The molecule has 0 bridgehead atoms. The van der Waals surface area contributed by atoms with Crippen molar-refractivity contribution in [2.24, 2.45) is 0 Å². The summed E-state index contributed by atoms with van der Waals surface area (Å²) >= 11 is 0. The van der Waals surface area contributed by atoms with Gasteiger partial charge < -0.3 is 45.1 Å². The number of carbonyl (C=O) groups excluding carboxylic acids is 2. The average Bonchev–Trinajstić information content (AvgIpc) is 3.37. The van der Waals surface area contributed by atoms with Crippen LogP contribution in [0.1, 0.15) is 271 Å². The van der Waals surface area contributed by atoms with Crippen LogP contribution in [0.5, 0.6) is 0 Å². The van der Waals surface area contributed by atoms with E-state index < -0.39 is 49.5 Å². The first-order chi connectivity index (χ1) is 34.7. The maximum absolute atomic E-state index is 13.0. The number of amides is 1. The Kier molecular flexibility index (Phi) is 47.2. The van der Waals surface area contributed by atoms with Crippen molar-refractivity contribution in [2.75, 3.05) is 19.8 Å². The van der Waals surface area contributed by atoms with Crippen LogP contribution in [0.25, 0.3) is 0 Å². The van der Waals surface area contributed by atoms with Crippen molar-refractivity contribution < 1.29 is 49.3 Å². The first kappa shape index (κ1) is 66.9. The molecule has 0 radical (unpaired) electrons. The fourth-order valence-corrected chi connectivity index (χ4v) is 9.30. The zero-order chi connectivity index (χ0) is 51.7. The van der Waals surface area contributed by atoms with Crippen molar-refractivity contribution in [3.8, 4) is 0 Å². The molecule has 6 N–H and O–H groups in total. The molecule has 7 unspecified atom stereocenters. The third kappa shape index (κ3) is 39.9. The number of rotatable bonds is 51. The molecule has 0 spiro atoms. The molecule has 0 saturated carbocycles. The largest absolute Gasteiger partial charge is 0.466 e. The predicted molar refractivity (Wildman–Crippen MR) is 292 cm³/mol. The molecule has 11 heteroatoms. The first-order valence-electron chi connectivity index (χ1n) is 29.8. The molecule has 1 aliphatic heterocycles. The van der Waals surface area contributed by atoms with Crippen LogP contribution >= 0.6 is 0 Å². The standard InChI is InChI=1S/C60H111NO10/c1-3-5-7-9-11-13-27-32-36-40-44-48-56(65)69-49-45-41-37-33-29-26-24-22-20-18-16-15-17-19-21-23-25-28-31-35-39-43-47-55(64)61-52(51-70-60-59(68)58(67)57(66)54(50-62)71-60)53(63)46-42-38-34-30-14-12-10-8-6-4-2/h6,8,14,30,42,46,52-54,57-60,62-63,66-68H,3-5,7,9-13,15-29,31-41,43-45,47-51H2,1-2H3,(H,61,64)/b8-6+,30-14+,46-42+. The molecular weight excluding hydrogens is 895 g/mol. The molecule has 0 aromatic carbocycles. The zero-order valence-corrected chi connectivity index (χ0v) is 45.7. The minimum atomic E-state index is -1.58. The van der Waals surface area contributed by atoms with Crippen molar-refractivity contribution in [1.82, 2.24) is 5.32 Å². The second-order valence-electron chi connectivity index (χ2n) is 20.7. The Morgan fingerprint density at radius 1 is 0.521 bits per heavy atom. The van der Waals surface area contributed by atoms with Gasteiger partial charge >= 0.3 is 5.97 Å². The van der Waals surface area contributed by atoms with Gasteiger partial charge in [0, 0.05) is 12.8 Å². The Labute approximate surface area is 434 Å². The van der Waals surface area contributed by atoms with E-state index in [0.717, 1.165) is 70.6 Å². The zero-order valence-electron chi connectivity index (χ0n) is 45.7. The highest BCUT2D eigenvalue weighted by Gasteiger charge is 2.44. The van der Waals surface area contributed by atoms with E-state index in [0.29, 0.717) is 19.4 Å². The fraction of sp³-hybridized carbons (Fsp3) is 0.867. The Morgan fingerprint density at radius 2 is 0.930 bits per heavy atom. The average molecular weight is 1010 g/mol. The monoisotopic (exact) mass is 1010 g/mol. The van der Waals surface area contributed by atoms with E-state index in [1.807, 2.05) is 6.08 Å². The van der Waals surface area contributed by atoms with Crippen LogP contribution in [0.2, 0.25) is 0 Å². The van der Waals surface area contributed by atoms with E-state index in [4.69, 9.17) is 14.2 Å². The molecule has 1 heterocycles. The molecule has 1 amide bonds. The highest BCUT2D eigenvalue weighted by Crippen LogP contribution is 2.23. The third-order valence-electron chi connectivity index (χ3n) is 14.0. The lowest BCUT2D eigenvalue weighted by atomic mass is 9.99. The lowest BCUT2D eigenvalue weighted by Crippen LogP contribution is -2.60. The number of ether oxygens (including phenoxy) is 3. The first-order valence-corrected chi connectivity index (χ1v) is 29.8. The fourth-order valence-electron chi connectivity index (χ4n) is 9.30. The van der Waals surface area contributed by atoms with Crippen LogP contribution in [0.3, 0.4) is 0 Å². The molecule has 416 valence electrons. The Hall–Kier alpha value is -2.12. The van der Waals surface area contributed by atoms with Crippen LogP contribution in [0.15, 0.2) is 36.5 Å². The van der Waals surface area contributed by atoms with Crippen molar-refractivity contribution in [1.29, 1.82) is 0 Å². The van der Waals surface area contributed by atoms with Crippen molar-refractivity contribution in [3.63, 3.8) is 0 Å². The lowest BCUT2D eigenvalue weighted by molar-refractivity contribution is -0.302. The molecule has 11 nitrogen and oxygen atoms in total. The Bertz CT molecular complexity index is 1280. The van der Waals surface area contributed by atoms with Crippen molar-refractivity contribution >= 4 is 11.9 Å². The van der Waals surface area contributed by atoms with Crippen LogP contribution in [0.4, 0.5) is 0 Å². The summed E-state index contributed by atoms with van der Waals surface area (Å²) in [4.78, 5) is 25.0. The molecule has 1 saturated heterocycles. The van der Waals surface area contributed by atoms with Gasteiger partial charge in [0.1, 0.15) is 24.4 Å². The number of esters is 1. The van der Waals surface area contributed by atoms with Gasteiger partial charge in [0.25, 0.3) is 0 Å². The summed E-state index contributed by atoms with van der Waals surface area (Å²) in [6.07, 6.45) is 51.2. The van der Waals surface area contributed by atoms with E-state index in [-0.39, 0.29) is 18.5 Å². The minimum absolute atomic E-state index is 0.000573. The summed E-state index contributed by atoms with van der Waals surface area (Å²) in [5, 5.41) is 54.2. The molecule has 0 aliphatic carbocycles. The number of aliphatic hydroxyl groups is 5. The van der Waals surface area contributed by atoms with Gasteiger partial charge in [-0.15, -0.1) is 0 Å². The maximum atomic E-state index is 13.0. The molecule has 7 atom stereocenters. The number of aliphatic hydroxyl groups excluding tert-OH is 5. The van der Waals surface area contributed by atoms with Gasteiger partial charge in [-0.1, -0.05) is 243 Å². The summed E-state index contributed by atoms with van der Waals surface area (Å²) < 4.78 is 16.7. The summed E-state index contributed by atoms with van der Waals surface area (Å²) in [5.41, 5.74) is 0. The topological polar surface area (TPSA) is 175 Å². The summed E-state index contributed by atoms with van der Waals surface area (Å²) in [6.45, 7) is 4.20. The van der Waals surface area contributed by atoms with Gasteiger partial charge in [-0.2, -0.15) is 0 Å². The van der Waals surface area contributed by atoms with Crippen LogP contribution in [-0.2, 0) is 23.8 Å². The molecular formula is C60H111NO10. The minimum Gasteiger partial charge on any atom is -0.466 e. The summed E-state index contributed by atoms with van der Waals surface area (Å²) in [5.74, 6) is -0.199. The van der Waals surface area contributed by atoms with Gasteiger partial charge in [0.05, 0.1) is 32.0 Å². The third-order valence-corrected chi connectivity index (χ3v) is 14.0. The maximum Gasteiger partial charge on any atom is 0.305 e.